The Balaban J connectivity index is 2.31. The van der Waals surface area contributed by atoms with Crippen molar-refractivity contribution >= 4 is 39.1 Å². The van der Waals surface area contributed by atoms with Gasteiger partial charge in [0.25, 0.3) is 0 Å². The predicted octanol–water partition coefficient (Wildman–Crippen LogP) is 3.48. The highest BCUT2D eigenvalue weighted by Crippen LogP contribution is 2.21. The number of halogens is 1. The Morgan fingerprint density at radius 1 is 1.03 bits per heavy atom. The molecule has 0 aromatic heterocycles. The number of anilines is 1. The monoisotopic (exact) mass is 493 g/mol. The molecule has 0 bridgehead atoms. The van der Waals surface area contributed by atoms with Crippen LogP contribution in [0.5, 0.6) is 0 Å². The first-order chi connectivity index (χ1) is 15.3. The fourth-order valence-corrected chi connectivity index (χ4v) is 4.24. The Labute approximate surface area is 201 Å². The zero-order chi connectivity index (χ0) is 24.8. The third-order valence-electron chi connectivity index (χ3n) is 4.94. The van der Waals surface area contributed by atoms with Gasteiger partial charge in [0.15, 0.2) is 0 Å². The lowest BCUT2D eigenvalue weighted by molar-refractivity contribution is -0.139. The van der Waals surface area contributed by atoms with Crippen molar-refractivity contribution in [3.05, 3.63) is 65.2 Å². The van der Waals surface area contributed by atoms with Gasteiger partial charge in [-0.1, -0.05) is 41.9 Å². The molecule has 33 heavy (non-hydrogen) atoms. The van der Waals surface area contributed by atoms with Crippen LogP contribution in [0.2, 0.25) is 5.02 Å². The van der Waals surface area contributed by atoms with Gasteiger partial charge < -0.3 is 10.2 Å². The van der Waals surface area contributed by atoms with Crippen LogP contribution in [0.3, 0.4) is 0 Å². The average Bonchev–Trinajstić information content (AvgIpc) is 2.71. The van der Waals surface area contributed by atoms with E-state index in [-0.39, 0.29) is 12.5 Å². The van der Waals surface area contributed by atoms with Gasteiger partial charge in [0.1, 0.15) is 12.6 Å². The molecule has 0 fully saturated rings. The fourth-order valence-electron chi connectivity index (χ4n) is 3.27. The Morgan fingerprint density at radius 3 is 2.12 bits per heavy atom. The van der Waals surface area contributed by atoms with Crippen LogP contribution < -0.4 is 9.62 Å². The van der Waals surface area contributed by atoms with E-state index >= 15 is 0 Å². The molecule has 2 aromatic carbocycles. The summed E-state index contributed by atoms with van der Waals surface area (Å²) in [6.45, 7) is 7.07. The van der Waals surface area contributed by atoms with E-state index in [1.807, 2.05) is 51.1 Å². The second-order valence-corrected chi connectivity index (χ2v) is 11.3. The van der Waals surface area contributed by atoms with Gasteiger partial charge in [-0.2, -0.15) is 0 Å². The molecule has 1 atom stereocenters. The minimum Gasteiger partial charge on any atom is -0.350 e. The maximum Gasteiger partial charge on any atom is 0.244 e. The molecule has 0 aliphatic rings. The lowest BCUT2D eigenvalue weighted by atomic mass is 10.1. The van der Waals surface area contributed by atoms with E-state index in [1.165, 1.54) is 4.90 Å². The summed E-state index contributed by atoms with van der Waals surface area (Å²) in [5, 5.41) is 3.35. The molecule has 0 spiro atoms. The van der Waals surface area contributed by atoms with Crippen LogP contribution in [-0.2, 0) is 26.0 Å². The van der Waals surface area contributed by atoms with E-state index < -0.39 is 34.1 Å². The highest BCUT2D eigenvalue weighted by atomic mass is 35.5. The molecule has 0 aliphatic heterocycles. The minimum absolute atomic E-state index is 0.264. The molecule has 7 nitrogen and oxygen atoms in total. The van der Waals surface area contributed by atoms with Gasteiger partial charge in [-0.25, -0.2) is 8.42 Å². The van der Waals surface area contributed by atoms with E-state index in [9.17, 15) is 18.0 Å². The molecule has 0 heterocycles. The lowest BCUT2D eigenvalue weighted by Gasteiger charge is -2.33. The van der Waals surface area contributed by atoms with Crippen LogP contribution in [0.1, 0.15) is 33.3 Å². The lowest BCUT2D eigenvalue weighted by Crippen LogP contribution is -2.55. The molecular weight excluding hydrogens is 462 g/mol. The Bertz CT molecular complexity index is 1050. The minimum atomic E-state index is -3.76. The zero-order valence-electron chi connectivity index (χ0n) is 19.7. The average molecular weight is 494 g/mol. The van der Waals surface area contributed by atoms with Gasteiger partial charge in [0.05, 0.1) is 11.9 Å². The highest BCUT2D eigenvalue weighted by molar-refractivity contribution is 7.92. The van der Waals surface area contributed by atoms with Gasteiger partial charge in [0, 0.05) is 17.1 Å². The number of sulfonamides is 1. The third-order valence-corrected chi connectivity index (χ3v) is 6.34. The summed E-state index contributed by atoms with van der Waals surface area (Å²) in [5.74, 6) is -0.774. The Kier molecular flexibility index (Phi) is 8.91. The van der Waals surface area contributed by atoms with E-state index in [4.69, 9.17) is 11.6 Å². The van der Waals surface area contributed by atoms with Crippen molar-refractivity contribution in [2.24, 2.45) is 0 Å². The molecule has 0 saturated carbocycles. The second kappa shape index (κ2) is 11.0. The van der Waals surface area contributed by atoms with Crippen molar-refractivity contribution in [2.75, 3.05) is 23.7 Å². The summed E-state index contributed by atoms with van der Waals surface area (Å²) < 4.78 is 26.0. The first-order valence-electron chi connectivity index (χ1n) is 10.7. The molecule has 9 heteroatoms. The SMILES string of the molecule is C[C@@H](C(=O)NC(C)(C)C)N(CCc1ccccc1)C(=O)CN(c1ccc(Cl)cc1)S(C)(=O)=O. The number of amides is 2. The molecule has 2 rings (SSSR count). The van der Waals surface area contributed by atoms with Gasteiger partial charge in [-0.15, -0.1) is 0 Å². The largest absolute Gasteiger partial charge is 0.350 e. The number of hydrogen-bond acceptors (Lipinski definition) is 4. The maximum absolute atomic E-state index is 13.4. The molecule has 2 amide bonds. The molecule has 0 unspecified atom stereocenters. The highest BCUT2D eigenvalue weighted by Gasteiger charge is 2.31. The van der Waals surface area contributed by atoms with Gasteiger partial charge >= 0.3 is 0 Å². The summed E-state index contributed by atoms with van der Waals surface area (Å²) in [6.07, 6.45) is 1.57. The molecule has 2 aromatic rings. The molecule has 0 saturated heterocycles. The summed E-state index contributed by atoms with van der Waals surface area (Å²) in [7, 11) is -3.76. The number of hydrogen-bond donors (Lipinski definition) is 1. The first-order valence-corrected chi connectivity index (χ1v) is 12.9. The fraction of sp³-hybridized carbons (Fsp3) is 0.417. The van der Waals surface area contributed by atoms with Crippen LogP contribution in [0.15, 0.2) is 54.6 Å². The van der Waals surface area contributed by atoms with Crippen LogP contribution in [0, 0.1) is 0 Å². The van der Waals surface area contributed by atoms with Gasteiger partial charge in [0.2, 0.25) is 21.8 Å². The maximum atomic E-state index is 13.4. The van der Waals surface area contributed by atoms with Crippen LogP contribution >= 0.6 is 11.6 Å². The Hall–Kier alpha value is -2.58. The van der Waals surface area contributed by atoms with Crippen LogP contribution in [0.25, 0.3) is 0 Å². The molecule has 0 radical (unpaired) electrons. The van der Waals surface area contributed by atoms with E-state index in [2.05, 4.69) is 5.32 Å². The Morgan fingerprint density at radius 2 is 1.61 bits per heavy atom. The summed E-state index contributed by atoms with van der Waals surface area (Å²) in [5.41, 5.74) is 0.864. The number of nitrogens with zero attached hydrogens (tertiary/aromatic N) is 2. The smallest absolute Gasteiger partial charge is 0.244 e. The van der Waals surface area contributed by atoms with Crippen molar-refractivity contribution < 1.29 is 18.0 Å². The van der Waals surface area contributed by atoms with Crippen LogP contribution in [0.4, 0.5) is 5.69 Å². The summed E-state index contributed by atoms with van der Waals surface area (Å²) in [6, 6.07) is 15.0. The predicted molar refractivity (Wildman–Crippen MR) is 133 cm³/mol. The number of carbonyl (C=O) groups excluding carboxylic acids is 2. The van der Waals surface area contributed by atoms with Gasteiger partial charge in [-0.05, 0) is 63.9 Å². The van der Waals surface area contributed by atoms with E-state index in [1.54, 1.807) is 31.2 Å². The number of nitrogens with one attached hydrogen (secondary N) is 1. The molecule has 180 valence electrons. The number of carbonyl (C=O) groups is 2. The standard InChI is InChI=1S/C24H32ClN3O4S/c1-18(23(30)26-24(2,3)4)27(16-15-19-9-7-6-8-10-19)22(29)17-28(33(5,31)32)21-13-11-20(25)12-14-21/h6-14,18H,15-17H2,1-5H3,(H,26,30)/t18-/m0/s1. The summed E-state index contributed by atoms with van der Waals surface area (Å²) in [4.78, 5) is 27.7. The first kappa shape index (κ1) is 26.7. The second-order valence-electron chi connectivity index (χ2n) is 8.98. The quantitative estimate of drug-likeness (QED) is 0.579. The van der Waals surface area contributed by atoms with Crippen molar-refractivity contribution in [3.8, 4) is 0 Å². The normalized spacial score (nSPS) is 12.7. The zero-order valence-corrected chi connectivity index (χ0v) is 21.3. The van der Waals surface area contributed by atoms with Crippen molar-refractivity contribution in [3.63, 3.8) is 0 Å². The van der Waals surface area contributed by atoms with E-state index in [0.29, 0.717) is 17.1 Å². The topological polar surface area (TPSA) is 86.8 Å². The van der Waals surface area contributed by atoms with E-state index in [0.717, 1.165) is 16.1 Å². The summed E-state index contributed by atoms with van der Waals surface area (Å²) >= 11 is 5.93. The molecule has 0 aliphatic carbocycles. The van der Waals surface area contributed by atoms with Crippen molar-refractivity contribution in [1.29, 1.82) is 0 Å². The third kappa shape index (κ3) is 8.37. The van der Waals surface area contributed by atoms with Crippen molar-refractivity contribution in [2.45, 2.75) is 45.7 Å². The molecule has 1 N–H and O–H groups in total. The number of rotatable bonds is 9. The van der Waals surface area contributed by atoms with Crippen LogP contribution in [-0.4, -0.2) is 56.1 Å². The molecular formula is C24H32ClN3O4S. The van der Waals surface area contributed by atoms with Gasteiger partial charge in [-0.3, -0.25) is 13.9 Å². The number of benzene rings is 2. The van der Waals surface area contributed by atoms with Crippen molar-refractivity contribution in [1.82, 2.24) is 10.2 Å².